The molecular formula is C16H9F3O2. The quantitative estimate of drug-likeness (QED) is 0.731. The van der Waals surface area contributed by atoms with E-state index in [1.54, 1.807) is 24.3 Å². The molecule has 2 aromatic carbocycles. The van der Waals surface area contributed by atoms with Gasteiger partial charge in [-0.1, -0.05) is 24.3 Å². The third-order valence-corrected chi connectivity index (χ3v) is 3.09. The summed E-state index contributed by atoms with van der Waals surface area (Å²) < 4.78 is 43.3. The first-order chi connectivity index (χ1) is 9.95. The molecule has 0 fully saturated rings. The smallest absolute Gasteiger partial charge is 0.416 e. The van der Waals surface area contributed by atoms with Crippen molar-refractivity contribution in [3.63, 3.8) is 0 Å². The van der Waals surface area contributed by atoms with E-state index in [0.29, 0.717) is 11.3 Å². The van der Waals surface area contributed by atoms with E-state index < -0.39 is 11.7 Å². The molecule has 21 heavy (non-hydrogen) atoms. The second-order valence-corrected chi connectivity index (χ2v) is 4.56. The summed E-state index contributed by atoms with van der Waals surface area (Å²) in [6.07, 6.45) is -3.10. The Kier molecular flexibility index (Phi) is 3.05. The highest BCUT2D eigenvalue weighted by atomic mass is 19.4. The maximum atomic E-state index is 12.7. The highest BCUT2D eigenvalue weighted by Crippen LogP contribution is 2.33. The molecule has 5 heteroatoms. The number of halogens is 3. The van der Waals surface area contributed by atoms with Crippen LogP contribution in [0.25, 0.3) is 6.08 Å². The molecule has 0 bridgehead atoms. The van der Waals surface area contributed by atoms with Crippen LogP contribution in [0.4, 0.5) is 13.2 Å². The summed E-state index contributed by atoms with van der Waals surface area (Å²) in [6, 6.07) is 11.4. The number of rotatable bonds is 1. The van der Waals surface area contributed by atoms with Crippen molar-refractivity contribution in [3.8, 4) is 5.75 Å². The Bertz CT molecular complexity index is 745. The van der Waals surface area contributed by atoms with Crippen molar-refractivity contribution >= 4 is 11.9 Å². The molecule has 0 unspecified atom stereocenters. The summed E-state index contributed by atoms with van der Waals surface area (Å²) in [7, 11) is 0. The van der Waals surface area contributed by atoms with Crippen molar-refractivity contribution in [2.75, 3.05) is 0 Å². The number of hydrogen-bond acceptors (Lipinski definition) is 2. The maximum Gasteiger partial charge on any atom is 0.416 e. The number of hydrogen-bond donors (Lipinski definition) is 0. The molecule has 106 valence electrons. The SMILES string of the molecule is O=C1/C(=C/c2cccc(C(F)(F)F)c2)Oc2ccccc21. The second kappa shape index (κ2) is 4.77. The van der Waals surface area contributed by atoms with E-state index in [4.69, 9.17) is 4.74 Å². The van der Waals surface area contributed by atoms with Crippen molar-refractivity contribution in [3.05, 3.63) is 71.0 Å². The minimum Gasteiger partial charge on any atom is -0.452 e. The number of allylic oxidation sites excluding steroid dienone is 1. The minimum atomic E-state index is -4.42. The number of para-hydroxylation sites is 1. The summed E-state index contributed by atoms with van der Waals surface area (Å²) in [6.45, 7) is 0. The summed E-state index contributed by atoms with van der Waals surface area (Å²) in [4.78, 5) is 12.1. The van der Waals surface area contributed by atoms with E-state index in [0.717, 1.165) is 12.1 Å². The van der Waals surface area contributed by atoms with Crippen LogP contribution in [0.2, 0.25) is 0 Å². The van der Waals surface area contributed by atoms with E-state index in [1.165, 1.54) is 18.2 Å². The number of fused-ring (bicyclic) bond motifs is 1. The van der Waals surface area contributed by atoms with E-state index in [-0.39, 0.29) is 17.1 Å². The summed E-state index contributed by atoms with van der Waals surface area (Å²) >= 11 is 0. The lowest BCUT2D eigenvalue weighted by molar-refractivity contribution is -0.137. The van der Waals surface area contributed by atoms with Crippen LogP contribution in [0.5, 0.6) is 5.75 Å². The molecule has 2 nitrogen and oxygen atoms in total. The molecule has 0 N–H and O–H groups in total. The van der Waals surface area contributed by atoms with Gasteiger partial charge in [-0.25, -0.2) is 0 Å². The van der Waals surface area contributed by atoms with Crippen LogP contribution in [0.1, 0.15) is 21.5 Å². The van der Waals surface area contributed by atoms with Gasteiger partial charge in [-0.05, 0) is 35.9 Å². The molecule has 1 heterocycles. The third-order valence-electron chi connectivity index (χ3n) is 3.09. The highest BCUT2D eigenvalue weighted by Gasteiger charge is 2.31. The molecule has 1 aliphatic heterocycles. The van der Waals surface area contributed by atoms with E-state index >= 15 is 0 Å². The molecule has 0 aromatic heterocycles. The second-order valence-electron chi connectivity index (χ2n) is 4.56. The molecule has 0 aliphatic carbocycles. The molecule has 1 aliphatic rings. The van der Waals surface area contributed by atoms with Crippen LogP contribution < -0.4 is 4.74 Å². The molecule has 0 amide bonds. The molecule has 0 saturated carbocycles. The van der Waals surface area contributed by atoms with Crippen molar-refractivity contribution in [1.82, 2.24) is 0 Å². The van der Waals surface area contributed by atoms with Crippen LogP contribution in [0.3, 0.4) is 0 Å². The predicted molar refractivity (Wildman–Crippen MR) is 70.8 cm³/mol. The van der Waals surface area contributed by atoms with Crippen LogP contribution in [-0.4, -0.2) is 5.78 Å². The van der Waals surface area contributed by atoms with Crippen molar-refractivity contribution in [2.24, 2.45) is 0 Å². The summed E-state index contributed by atoms with van der Waals surface area (Å²) in [5.41, 5.74) is -0.0866. The average Bonchev–Trinajstić information content (AvgIpc) is 2.75. The largest absolute Gasteiger partial charge is 0.452 e. The Morgan fingerprint density at radius 3 is 2.48 bits per heavy atom. The standard InChI is InChI=1S/C16H9F3O2/c17-16(18,19)11-5-3-4-10(8-11)9-14-15(20)12-6-1-2-7-13(12)21-14/h1-9H/b14-9-. The van der Waals surface area contributed by atoms with Gasteiger partial charge in [-0.3, -0.25) is 4.79 Å². The van der Waals surface area contributed by atoms with Gasteiger partial charge in [0, 0.05) is 0 Å². The zero-order valence-corrected chi connectivity index (χ0v) is 10.6. The Morgan fingerprint density at radius 2 is 1.76 bits per heavy atom. The Balaban J connectivity index is 1.96. The summed E-state index contributed by atoms with van der Waals surface area (Å²) in [5.74, 6) is 0.110. The fourth-order valence-corrected chi connectivity index (χ4v) is 2.09. The normalized spacial score (nSPS) is 16.0. The number of ketones is 1. The van der Waals surface area contributed by atoms with E-state index in [9.17, 15) is 18.0 Å². The number of alkyl halides is 3. The first kappa shape index (κ1) is 13.4. The molecule has 2 aromatic rings. The topological polar surface area (TPSA) is 26.3 Å². The monoisotopic (exact) mass is 290 g/mol. The van der Waals surface area contributed by atoms with E-state index in [1.807, 2.05) is 0 Å². The molecule has 0 atom stereocenters. The molecule has 3 rings (SSSR count). The molecule has 0 radical (unpaired) electrons. The number of Topliss-reactive ketones (excluding diaryl/α,β-unsaturated/α-hetero) is 1. The van der Waals surface area contributed by atoms with Crippen molar-refractivity contribution in [1.29, 1.82) is 0 Å². The zero-order valence-electron chi connectivity index (χ0n) is 10.6. The van der Waals surface area contributed by atoms with Gasteiger partial charge in [0.1, 0.15) is 5.75 Å². The van der Waals surface area contributed by atoms with Gasteiger partial charge in [-0.15, -0.1) is 0 Å². The third kappa shape index (κ3) is 2.54. The fraction of sp³-hybridized carbons (Fsp3) is 0.0625. The maximum absolute atomic E-state index is 12.7. The Hall–Kier alpha value is -2.56. The van der Waals surface area contributed by atoms with Crippen molar-refractivity contribution < 1.29 is 22.7 Å². The van der Waals surface area contributed by atoms with Gasteiger partial charge in [0.25, 0.3) is 0 Å². The van der Waals surface area contributed by atoms with Gasteiger partial charge in [0.15, 0.2) is 5.76 Å². The number of carbonyl (C=O) groups excluding carboxylic acids is 1. The van der Waals surface area contributed by atoms with Crippen LogP contribution in [-0.2, 0) is 6.18 Å². The van der Waals surface area contributed by atoms with Gasteiger partial charge >= 0.3 is 6.18 Å². The first-order valence-electron chi connectivity index (χ1n) is 6.16. The van der Waals surface area contributed by atoms with Crippen LogP contribution >= 0.6 is 0 Å². The zero-order chi connectivity index (χ0) is 15.0. The highest BCUT2D eigenvalue weighted by molar-refractivity contribution is 6.14. The lowest BCUT2D eigenvalue weighted by Gasteiger charge is -2.07. The average molecular weight is 290 g/mol. The predicted octanol–water partition coefficient (Wildman–Crippen LogP) is 4.32. The van der Waals surface area contributed by atoms with Gasteiger partial charge in [0.2, 0.25) is 5.78 Å². The van der Waals surface area contributed by atoms with Gasteiger partial charge in [0.05, 0.1) is 11.1 Å². The molecule has 0 saturated heterocycles. The van der Waals surface area contributed by atoms with Gasteiger partial charge < -0.3 is 4.74 Å². The Labute approximate surface area is 118 Å². The number of ether oxygens (including phenoxy) is 1. The fourth-order valence-electron chi connectivity index (χ4n) is 2.09. The van der Waals surface area contributed by atoms with Gasteiger partial charge in [-0.2, -0.15) is 13.2 Å². The van der Waals surface area contributed by atoms with E-state index in [2.05, 4.69) is 0 Å². The first-order valence-corrected chi connectivity index (χ1v) is 6.16. The number of benzene rings is 2. The van der Waals surface area contributed by atoms with Crippen LogP contribution in [0.15, 0.2) is 54.3 Å². The van der Waals surface area contributed by atoms with Crippen molar-refractivity contribution in [2.45, 2.75) is 6.18 Å². The summed E-state index contributed by atoms with van der Waals surface area (Å²) in [5, 5.41) is 0. The Morgan fingerprint density at radius 1 is 1.00 bits per heavy atom. The lowest BCUT2D eigenvalue weighted by Crippen LogP contribution is -2.05. The lowest BCUT2D eigenvalue weighted by atomic mass is 10.1. The molecular weight excluding hydrogens is 281 g/mol. The van der Waals surface area contributed by atoms with Crippen LogP contribution in [0, 0.1) is 0 Å². The molecule has 0 spiro atoms. The number of carbonyl (C=O) groups is 1. The minimum absolute atomic E-state index is 0.0236.